The van der Waals surface area contributed by atoms with E-state index < -0.39 is 38.3 Å². The molecule has 3 N–H and O–H groups in total. The van der Waals surface area contributed by atoms with E-state index >= 15 is 0 Å². The van der Waals surface area contributed by atoms with Gasteiger partial charge in [-0.15, -0.1) is 0 Å². The highest BCUT2D eigenvalue weighted by Gasteiger charge is 2.28. The molecule has 0 aliphatic carbocycles. The lowest BCUT2D eigenvalue weighted by Crippen LogP contribution is -2.38. The van der Waals surface area contributed by atoms with Gasteiger partial charge in [-0.2, -0.15) is 0 Å². The second-order valence-electron chi connectivity index (χ2n) is 4.84. The Kier molecular flexibility index (Phi) is 4.26. The summed E-state index contributed by atoms with van der Waals surface area (Å²) in [7, 11) is -4.09. The van der Waals surface area contributed by atoms with Crippen molar-refractivity contribution in [2.45, 2.75) is 24.3 Å². The third kappa shape index (κ3) is 3.08. The first kappa shape index (κ1) is 15.1. The van der Waals surface area contributed by atoms with Crippen molar-refractivity contribution in [3.63, 3.8) is 0 Å². The first-order valence-electron chi connectivity index (χ1n) is 6.16. The molecule has 2 rings (SSSR count). The van der Waals surface area contributed by atoms with Gasteiger partial charge in [0.2, 0.25) is 10.0 Å². The Labute approximate surface area is 116 Å². The van der Waals surface area contributed by atoms with Gasteiger partial charge in [0.25, 0.3) is 0 Å². The number of ether oxygens (including phenoxy) is 1. The zero-order valence-electron chi connectivity index (χ0n) is 10.9. The van der Waals surface area contributed by atoms with Gasteiger partial charge in [-0.05, 0) is 19.4 Å². The summed E-state index contributed by atoms with van der Waals surface area (Å²) in [5.74, 6) is -2.12. The zero-order valence-corrected chi connectivity index (χ0v) is 11.7. The number of hydrogen-bond donors (Lipinski definition) is 2. The Balaban J connectivity index is 2.24. The maximum absolute atomic E-state index is 13.6. The number of sulfonamides is 1. The summed E-state index contributed by atoms with van der Waals surface area (Å²) >= 11 is 0. The van der Waals surface area contributed by atoms with Crippen molar-refractivity contribution in [3.8, 4) is 0 Å². The molecule has 1 aliphatic rings. The van der Waals surface area contributed by atoms with Crippen LogP contribution in [0, 0.1) is 17.6 Å². The first-order chi connectivity index (χ1) is 9.31. The maximum atomic E-state index is 13.6. The lowest BCUT2D eigenvalue weighted by molar-refractivity contribution is 0.180. The molecule has 0 saturated carbocycles. The van der Waals surface area contributed by atoms with Crippen LogP contribution in [-0.4, -0.2) is 27.7 Å². The van der Waals surface area contributed by atoms with Crippen molar-refractivity contribution in [1.29, 1.82) is 0 Å². The molecule has 5 nitrogen and oxygen atoms in total. The van der Waals surface area contributed by atoms with Crippen LogP contribution < -0.4 is 10.5 Å². The molecule has 2 atom stereocenters. The molecular weight excluding hydrogens is 290 g/mol. The molecule has 112 valence electrons. The van der Waals surface area contributed by atoms with Gasteiger partial charge in [-0.25, -0.2) is 21.9 Å². The van der Waals surface area contributed by atoms with Crippen molar-refractivity contribution < 1.29 is 21.9 Å². The minimum absolute atomic E-state index is 0.0330. The zero-order chi connectivity index (χ0) is 14.9. The highest BCUT2D eigenvalue weighted by molar-refractivity contribution is 7.89. The van der Waals surface area contributed by atoms with E-state index in [0.29, 0.717) is 19.3 Å². The molecule has 20 heavy (non-hydrogen) atoms. The summed E-state index contributed by atoms with van der Waals surface area (Å²) in [4.78, 5) is -0.651. The number of halogens is 2. The first-order valence-corrected chi connectivity index (χ1v) is 7.64. The van der Waals surface area contributed by atoms with Gasteiger partial charge in [0.15, 0.2) is 0 Å². The molecule has 0 amide bonds. The topological polar surface area (TPSA) is 81.4 Å². The van der Waals surface area contributed by atoms with Crippen LogP contribution in [0.25, 0.3) is 0 Å². The number of nitrogens with two attached hydrogens (primary N) is 1. The molecule has 0 spiro atoms. The van der Waals surface area contributed by atoms with Crippen molar-refractivity contribution in [1.82, 2.24) is 4.72 Å². The van der Waals surface area contributed by atoms with Crippen molar-refractivity contribution in [3.05, 3.63) is 23.8 Å². The Bertz CT molecular complexity index is 601. The number of anilines is 1. The number of benzene rings is 1. The monoisotopic (exact) mass is 306 g/mol. The minimum Gasteiger partial charge on any atom is -0.396 e. The predicted molar refractivity (Wildman–Crippen MR) is 69.5 cm³/mol. The lowest BCUT2D eigenvalue weighted by atomic mass is 10.0. The second kappa shape index (κ2) is 5.63. The summed E-state index contributed by atoms with van der Waals surface area (Å²) in [6.45, 7) is 2.72. The molecule has 1 aliphatic heterocycles. The molecule has 1 saturated heterocycles. The van der Waals surface area contributed by atoms with Crippen LogP contribution in [0.15, 0.2) is 17.0 Å². The predicted octanol–water partition coefficient (Wildman–Crippen LogP) is 1.25. The van der Waals surface area contributed by atoms with E-state index in [1.165, 1.54) is 0 Å². The largest absolute Gasteiger partial charge is 0.396 e. The Morgan fingerprint density at radius 3 is 2.70 bits per heavy atom. The number of nitrogens with one attached hydrogen (secondary N) is 1. The van der Waals surface area contributed by atoms with Crippen molar-refractivity contribution in [2.75, 3.05) is 18.9 Å². The molecule has 0 radical (unpaired) electrons. The van der Waals surface area contributed by atoms with E-state index in [-0.39, 0.29) is 5.92 Å². The number of rotatable bonds is 4. The van der Waals surface area contributed by atoms with E-state index in [4.69, 9.17) is 10.5 Å². The van der Waals surface area contributed by atoms with Crippen LogP contribution in [0.2, 0.25) is 0 Å². The van der Waals surface area contributed by atoms with Gasteiger partial charge in [0.1, 0.15) is 16.5 Å². The maximum Gasteiger partial charge on any atom is 0.243 e. The average Bonchev–Trinajstić information content (AvgIpc) is 2.86. The van der Waals surface area contributed by atoms with Crippen LogP contribution in [0.5, 0.6) is 0 Å². The third-order valence-corrected chi connectivity index (χ3v) is 4.93. The van der Waals surface area contributed by atoms with Crippen molar-refractivity contribution in [2.24, 2.45) is 5.92 Å². The third-order valence-electron chi connectivity index (χ3n) is 3.35. The highest BCUT2D eigenvalue weighted by Crippen LogP contribution is 2.23. The standard InChI is InChI=1S/C12H16F2N2O3S/c1-7(8-2-3-19-6-8)16-20(17,18)12-5-11(15)9(13)4-10(12)14/h4-5,7-8,16H,2-3,6,15H2,1H3. The van der Waals surface area contributed by atoms with E-state index in [1.807, 2.05) is 0 Å². The van der Waals surface area contributed by atoms with E-state index in [0.717, 1.165) is 12.5 Å². The van der Waals surface area contributed by atoms with Gasteiger partial charge in [-0.1, -0.05) is 0 Å². The molecule has 0 aromatic heterocycles. The van der Waals surface area contributed by atoms with Crippen LogP contribution in [-0.2, 0) is 14.8 Å². The second-order valence-corrected chi connectivity index (χ2v) is 6.52. The summed E-state index contributed by atoms with van der Waals surface area (Å²) in [6, 6.07) is 0.839. The van der Waals surface area contributed by atoms with Crippen molar-refractivity contribution >= 4 is 15.7 Å². The fourth-order valence-corrected chi connectivity index (χ4v) is 3.51. The van der Waals surface area contributed by atoms with Gasteiger partial charge < -0.3 is 10.5 Å². The quantitative estimate of drug-likeness (QED) is 0.820. The fourth-order valence-electron chi connectivity index (χ4n) is 2.10. The van der Waals surface area contributed by atoms with Crippen LogP contribution >= 0.6 is 0 Å². The highest BCUT2D eigenvalue weighted by atomic mass is 32.2. The Hall–Kier alpha value is -1.25. The normalized spacial score (nSPS) is 21.1. The van der Waals surface area contributed by atoms with Crippen LogP contribution in [0.3, 0.4) is 0 Å². The average molecular weight is 306 g/mol. The van der Waals surface area contributed by atoms with Gasteiger partial charge >= 0.3 is 0 Å². The Morgan fingerprint density at radius 1 is 1.40 bits per heavy atom. The molecule has 1 aromatic rings. The summed E-state index contributed by atoms with van der Waals surface area (Å²) < 4.78 is 58.5. The van der Waals surface area contributed by atoms with E-state index in [1.54, 1.807) is 6.92 Å². The SMILES string of the molecule is CC(NS(=O)(=O)c1cc(N)c(F)cc1F)C1CCOC1. The molecular formula is C12H16F2N2O3S. The fraction of sp³-hybridized carbons (Fsp3) is 0.500. The Morgan fingerprint density at radius 2 is 2.10 bits per heavy atom. The minimum atomic E-state index is -4.09. The molecule has 1 aromatic carbocycles. The molecule has 1 heterocycles. The summed E-state index contributed by atoms with van der Waals surface area (Å²) in [5.41, 5.74) is 4.87. The van der Waals surface area contributed by atoms with E-state index in [9.17, 15) is 17.2 Å². The smallest absolute Gasteiger partial charge is 0.243 e. The molecule has 0 bridgehead atoms. The molecule has 2 unspecified atom stereocenters. The van der Waals surface area contributed by atoms with Gasteiger partial charge in [-0.3, -0.25) is 0 Å². The number of nitrogen functional groups attached to an aromatic ring is 1. The van der Waals surface area contributed by atoms with Crippen LogP contribution in [0.1, 0.15) is 13.3 Å². The van der Waals surface area contributed by atoms with E-state index in [2.05, 4.69) is 4.72 Å². The number of hydrogen-bond acceptors (Lipinski definition) is 4. The van der Waals surface area contributed by atoms with Crippen LogP contribution in [0.4, 0.5) is 14.5 Å². The van der Waals surface area contributed by atoms with Gasteiger partial charge in [0.05, 0.1) is 12.3 Å². The molecule has 1 fully saturated rings. The summed E-state index contributed by atoms with van der Waals surface area (Å²) in [6.07, 6.45) is 0.734. The molecule has 8 heteroatoms. The summed E-state index contributed by atoms with van der Waals surface area (Å²) in [5, 5.41) is 0. The van der Waals surface area contributed by atoms with Gasteiger partial charge in [0, 0.05) is 24.6 Å². The lowest BCUT2D eigenvalue weighted by Gasteiger charge is -2.19.